The number of hydrogen-bond donors (Lipinski definition) is 0. The smallest absolute Gasteiger partial charge is 0.460 e. The number of carbonyl (C=O) groups excluding carboxylic acids is 2. The third-order valence-electron chi connectivity index (χ3n) is 2.96. The standard InChI is InChI=1S/C13H13F11O4/c1-8(2,3)6(25)27-4-5-28-7(26)9(14,15)10(16,17)11(18,19)12(20,21)13(22,23)24/h4-5H2,1-3H3. The Morgan fingerprint density at radius 1 is 0.607 bits per heavy atom. The van der Waals surface area contributed by atoms with Crippen molar-refractivity contribution in [3.05, 3.63) is 0 Å². The largest absolute Gasteiger partial charge is 0.462 e. The molecule has 0 bridgehead atoms. The first-order valence-corrected chi connectivity index (χ1v) is 6.97. The summed E-state index contributed by atoms with van der Waals surface area (Å²) in [4.78, 5) is 22.2. The van der Waals surface area contributed by atoms with Crippen molar-refractivity contribution in [3.63, 3.8) is 0 Å². The topological polar surface area (TPSA) is 52.6 Å². The van der Waals surface area contributed by atoms with Gasteiger partial charge in [0.2, 0.25) is 0 Å². The van der Waals surface area contributed by atoms with E-state index < -0.39 is 60.4 Å². The van der Waals surface area contributed by atoms with Gasteiger partial charge < -0.3 is 9.47 Å². The quantitative estimate of drug-likeness (QED) is 0.337. The second-order valence-corrected chi connectivity index (χ2v) is 6.32. The van der Waals surface area contributed by atoms with Gasteiger partial charge in [-0.15, -0.1) is 0 Å². The minimum Gasteiger partial charge on any atom is -0.462 e. The van der Waals surface area contributed by atoms with Crippen molar-refractivity contribution in [3.8, 4) is 0 Å². The maximum Gasteiger partial charge on any atom is 0.460 e. The zero-order valence-corrected chi connectivity index (χ0v) is 14.2. The minimum atomic E-state index is -7.71. The van der Waals surface area contributed by atoms with E-state index in [4.69, 9.17) is 0 Å². The molecule has 166 valence electrons. The number of alkyl halides is 11. The summed E-state index contributed by atoms with van der Waals surface area (Å²) >= 11 is 0. The van der Waals surface area contributed by atoms with E-state index in [2.05, 4.69) is 9.47 Å². The number of esters is 2. The van der Waals surface area contributed by atoms with Crippen molar-refractivity contribution in [2.24, 2.45) is 5.41 Å². The van der Waals surface area contributed by atoms with Gasteiger partial charge in [-0.2, -0.15) is 48.3 Å². The third-order valence-corrected chi connectivity index (χ3v) is 2.96. The maximum atomic E-state index is 13.3. The third kappa shape index (κ3) is 4.59. The van der Waals surface area contributed by atoms with Crippen LogP contribution in [-0.2, 0) is 19.1 Å². The van der Waals surface area contributed by atoms with Crippen LogP contribution < -0.4 is 0 Å². The van der Waals surface area contributed by atoms with E-state index in [1.807, 2.05) is 0 Å². The van der Waals surface area contributed by atoms with Gasteiger partial charge in [-0.1, -0.05) is 0 Å². The molecule has 0 N–H and O–H groups in total. The van der Waals surface area contributed by atoms with Gasteiger partial charge in [0.1, 0.15) is 13.2 Å². The summed E-state index contributed by atoms with van der Waals surface area (Å²) in [6.45, 7) is 1.59. The number of rotatable bonds is 7. The first-order valence-electron chi connectivity index (χ1n) is 6.97. The van der Waals surface area contributed by atoms with Gasteiger partial charge in [0.05, 0.1) is 5.41 Å². The molecule has 28 heavy (non-hydrogen) atoms. The van der Waals surface area contributed by atoms with Crippen LogP contribution in [0.3, 0.4) is 0 Å². The molecule has 0 saturated heterocycles. The zero-order valence-electron chi connectivity index (χ0n) is 14.2. The van der Waals surface area contributed by atoms with Gasteiger partial charge in [0, 0.05) is 0 Å². The fourth-order valence-electron chi connectivity index (χ4n) is 1.28. The molecular weight excluding hydrogens is 429 g/mol. The van der Waals surface area contributed by atoms with Crippen LogP contribution in [0.4, 0.5) is 48.3 Å². The normalized spacial score (nSPS) is 14.6. The Balaban J connectivity index is 5.35. The lowest BCUT2D eigenvalue weighted by molar-refractivity contribution is -0.418. The molecule has 0 saturated carbocycles. The highest BCUT2D eigenvalue weighted by molar-refractivity contribution is 5.79. The fraction of sp³-hybridized carbons (Fsp3) is 0.846. The molecular formula is C13H13F11O4. The predicted octanol–water partition coefficient (Wildman–Crippen LogP) is 4.22. The Bertz CT molecular complexity index is 590. The summed E-state index contributed by atoms with van der Waals surface area (Å²) in [6.07, 6.45) is -7.33. The molecule has 0 aliphatic heterocycles. The number of hydrogen-bond acceptors (Lipinski definition) is 4. The molecule has 0 aromatic rings. The fourth-order valence-corrected chi connectivity index (χ4v) is 1.28. The first-order chi connectivity index (χ1) is 12.0. The molecule has 0 spiro atoms. The van der Waals surface area contributed by atoms with E-state index in [1.165, 1.54) is 20.8 Å². The van der Waals surface area contributed by atoms with E-state index >= 15 is 0 Å². The summed E-state index contributed by atoms with van der Waals surface area (Å²) in [5.41, 5.74) is -1.12. The average molecular weight is 442 g/mol. The lowest BCUT2D eigenvalue weighted by Crippen LogP contribution is -2.68. The highest BCUT2D eigenvalue weighted by Crippen LogP contribution is 2.57. The highest BCUT2D eigenvalue weighted by Gasteiger charge is 2.88. The Labute approximate surface area is 149 Å². The van der Waals surface area contributed by atoms with Crippen LogP contribution in [0.1, 0.15) is 20.8 Å². The Morgan fingerprint density at radius 3 is 1.29 bits per heavy atom. The van der Waals surface area contributed by atoms with Gasteiger partial charge in [-0.05, 0) is 20.8 Å². The monoisotopic (exact) mass is 442 g/mol. The molecule has 0 atom stereocenters. The van der Waals surface area contributed by atoms with Gasteiger partial charge in [-0.25, -0.2) is 4.79 Å². The Morgan fingerprint density at radius 2 is 0.964 bits per heavy atom. The molecule has 0 radical (unpaired) electrons. The van der Waals surface area contributed by atoms with Crippen molar-refractivity contribution in [2.45, 2.75) is 50.6 Å². The van der Waals surface area contributed by atoms with Crippen molar-refractivity contribution < 1.29 is 67.4 Å². The van der Waals surface area contributed by atoms with Crippen molar-refractivity contribution >= 4 is 11.9 Å². The SMILES string of the molecule is CC(C)(C)C(=O)OCCOC(=O)C(F)(F)C(F)(F)C(F)(F)C(F)(F)C(F)(F)F. The van der Waals surface area contributed by atoms with E-state index in [0.29, 0.717) is 0 Å². The van der Waals surface area contributed by atoms with Crippen LogP contribution in [0.5, 0.6) is 0 Å². The molecule has 0 fully saturated rings. The lowest BCUT2D eigenvalue weighted by atomic mass is 9.97. The second kappa shape index (κ2) is 7.54. The van der Waals surface area contributed by atoms with Gasteiger partial charge in [0.15, 0.2) is 0 Å². The van der Waals surface area contributed by atoms with Gasteiger partial charge in [-0.3, -0.25) is 4.79 Å². The number of ether oxygens (including phenoxy) is 2. The van der Waals surface area contributed by atoms with Crippen LogP contribution in [0.2, 0.25) is 0 Å². The van der Waals surface area contributed by atoms with Gasteiger partial charge >= 0.3 is 41.8 Å². The molecule has 0 amide bonds. The van der Waals surface area contributed by atoms with Crippen molar-refractivity contribution in [1.82, 2.24) is 0 Å². The van der Waals surface area contributed by atoms with E-state index in [1.54, 1.807) is 0 Å². The number of halogens is 11. The molecule has 4 nitrogen and oxygen atoms in total. The van der Waals surface area contributed by atoms with Crippen LogP contribution in [0.15, 0.2) is 0 Å². The molecule has 0 rings (SSSR count). The summed E-state index contributed by atoms with van der Waals surface area (Å²) in [7, 11) is 0. The lowest BCUT2D eigenvalue weighted by Gasteiger charge is -2.36. The van der Waals surface area contributed by atoms with Crippen LogP contribution in [0.25, 0.3) is 0 Å². The first kappa shape index (κ1) is 26.2. The Kier molecular flexibility index (Phi) is 7.04. The molecule has 0 unspecified atom stereocenters. The van der Waals surface area contributed by atoms with E-state index in [0.717, 1.165) is 0 Å². The molecule has 0 aliphatic carbocycles. The van der Waals surface area contributed by atoms with Crippen LogP contribution in [0, 0.1) is 5.41 Å². The van der Waals surface area contributed by atoms with E-state index in [-0.39, 0.29) is 0 Å². The summed E-state index contributed by atoms with van der Waals surface area (Å²) in [5.74, 6) is -34.1. The van der Waals surface area contributed by atoms with Crippen molar-refractivity contribution in [2.75, 3.05) is 13.2 Å². The molecule has 0 heterocycles. The summed E-state index contributed by atoms with van der Waals surface area (Å²) < 4.78 is 148. The molecule has 0 aromatic carbocycles. The summed E-state index contributed by atoms with van der Waals surface area (Å²) in [6, 6.07) is 0. The number of carbonyl (C=O) groups is 2. The van der Waals surface area contributed by atoms with E-state index in [9.17, 15) is 57.9 Å². The Hall–Kier alpha value is -1.83. The minimum absolute atomic E-state index is 0.975. The van der Waals surface area contributed by atoms with Crippen molar-refractivity contribution in [1.29, 1.82) is 0 Å². The van der Waals surface area contributed by atoms with Crippen LogP contribution >= 0.6 is 0 Å². The maximum absolute atomic E-state index is 13.3. The average Bonchev–Trinajstić information content (AvgIpc) is 2.48. The molecule has 15 heteroatoms. The molecule has 0 aliphatic rings. The predicted molar refractivity (Wildman–Crippen MR) is 67.2 cm³/mol. The zero-order chi connectivity index (χ0) is 23.0. The van der Waals surface area contributed by atoms with Crippen LogP contribution in [-0.4, -0.2) is 55.0 Å². The van der Waals surface area contributed by atoms with Gasteiger partial charge in [0.25, 0.3) is 0 Å². The second-order valence-electron chi connectivity index (χ2n) is 6.32. The summed E-state index contributed by atoms with van der Waals surface area (Å²) in [5, 5.41) is 0. The highest BCUT2D eigenvalue weighted by atomic mass is 19.4. The molecule has 0 aromatic heterocycles.